The van der Waals surface area contributed by atoms with E-state index in [4.69, 9.17) is 9.72 Å². The van der Waals surface area contributed by atoms with E-state index in [-0.39, 0.29) is 0 Å². The van der Waals surface area contributed by atoms with Gasteiger partial charge in [-0.2, -0.15) is 0 Å². The second-order valence-corrected chi connectivity index (χ2v) is 6.36. The molecular formula is C16H25N3O. The molecule has 1 aromatic heterocycles. The van der Waals surface area contributed by atoms with E-state index in [1.165, 1.54) is 25.7 Å². The van der Waals surface area contributed by atoms with Gasteiger partial charge in [-0.3, -0.25) is 0 Å². The van der Waals surface area contributed by atoms with Gasteiger partial charge in [-0.25, -0.2) is 9.97 Å². The van der Waals surface area contributed by atoms with Crippen molar-refractivity contribution in [3.63, 3.8) is 0 Å². The number of rotatable bonds is 3. The average Bonchev–Trinajstić information content (AvgIpc) is 2.77. The van der Waals surface area contributed by atoms with Crippen LogP contribution in [0, 0.1) is 18.8 Å². The maximum atomic E-state index is 5.18. The molecule has 20 heavy (non-hydrogen) atoms. The molecule has 2 aliphatic rings. The molecule has 2 heterocycles. The summed E-state index contributed by atoms with van der Waals surface area (Å²) in [6.45, 7) is 6.07. The lowest BCUT2D eigenvalue weighted by Crippen LogP contribution is -2.35. The van der Waals surface area contributed by atoms with E-state index < -0.39 is 0 Å². The summed E-state index contributed by atoms with van der Waals surface area (Å²) in [5.41, 5.74) is 1.04. The van der Waals surface area contributed by atoms with Crippen LogP contribution in [0.2, 0.25) is 0 Å². The van der Waals surface area contributed by atoms with Crippen molar-refractivity contribution in [2.45, 2.75) is 52.2 Å². The van der Waals surface area contributed by atoms with Crippen LogP contribution < -0.4 is 4.90 Å². The first kappa shape index (κ1) is 13.8. The fourth-order valence-electron chi connectivity index (χ4n) is 3.99. The zero-order valence-corrected chi connectivity index (χ0v) is 12.8. The van der Waals surface area contributed by atoms with E-state index in [0.717, 1.165) is 35.7 Å². The summed E-state index contributed by atoms with van der Waals surface area (Å²) in [4.78, 5) is 11.7. The molecule has 4 heteroatoms. The first-order chi connectivity index (χ1) is 9.69. The van der Waals surface area contributed by atoms with Crippen molar-refractivity contribution >= 4 is 5.82 Å². The van der Waals surface area contributed by atoms with Gasteiger partial charge in [0.25, 0.3) is 0 Å². The summed E-state index contributed by atoms with van der Waals surface area (Å²) in [5.74, 6) is 3.53. The number of hydrogen-bond acceptors (Lipinski definition) is 4. The van der Waals surface area contributed by atoms with Crippen molar-refractivity contribution in [2.75, 3.05) is 18.6 Å². The monoisotopic (exact) mass is 275 g/mol. The van der Waals surface area contributed by atoms with Crippen LogP contribution >= 0.6 is 0 Å². The number of aryl methyl sites for hydroxylation is 1. The molecule has 110 valence electrons. The summed E-state index contributed by atoms with van der Waals surface area (Å²) in [5, 5.41) is 0. The molecule has 1 aromatic rings. The largest absolute Gasteiger partial charge is 0.377 e. The van der Waals surface area contributed by atoms with Crippen molar-refractivity contribution in [3.05, 3.63) is 17.6 Å². The summed E-state index contributed by atoms with van der Waals surface area (Å²) >= 11 is 0. The first-order valence-electron chi connectivity index (χ1n) is 7.79. The van der Waals surface area contributed by atoms with Crippen LogP contribution in [0.3, 0.4) is 0 Å². The van der Waals surface area contributed by atoms with Crippen LogP contribution in [0.15, 0.2) is 6.07 Å². The van der Waals surface area contributed by atoms with Crippen molar-refractivity contribution in [3.8, 4) is 0 Å². The third-order valence-corrected chi connectivity index (χ3v) is 4.85. The van der Waals surface area contributed by atoms with E-state index in [2.05, 4.69) is 22.9 Å². The van der Waals surface area contributed by atoms with Gasteiger partial charge >= 0.3 is 0 Å². The van der Waals surface area contributed by atoms with Crippen LogP contribution in [0.5, 0.6) is 0 Å². The normalized spacial score (nSPS) is 29.6. The molecule has 3 rings (SSSR count). The first-order valence-corrected chi connectivity index (χ1v) is 7.79. The quantitative estimate of drug-likeness (QED) is 0.850. The minimum atomic E-state index is 0.492. The topological polar surface area (TPSA) is 38.2 Å². The predicted octanol–water partition coefficient (Wildman–Crippen LogP) is 2.95. The molecule has 0 spiro atoms. The molecular weight excluding hydrogens is 250 g/mol. The van der Waals surface area contributed by atoms with Crippen molar-refractivity contribution < 1.29 is 4.74 Å². The highest BCUT2D eigenvalue weighted by molar-refractivity contribution is 5.43. The highest BCUT2D eigenvalue weighted by atomic mass is 16.5. The molecule has 0 aromatic carbocycles. The maximum Gasteiger partial charge on any atom is 0.156 e. The Morgan fingerprint density at radius 3 is 2.90 bits per heavy atom. The Morgan fingerprint density at radius 1 is 1.30 bits per heavy atom. The summed E-state index contributed by atoms with van der Waals surface area (Å²) in [6, 6.07) is 2.81. The Labute approximate surface area is 121 Å². The second-order valence-electron chi connectivity index (χ2n) is 6.36. The van der Waals surface area contributed by atoms with Gasteiger partial charge in [0, 0.05) is 31.5 Å². The Balaban J connectivity index is 1.88. The number of anilines is 1. The molecule has 3 unspecified atom stereocenters. The molecule has 3 atom stereocenters. The van der Waals surface area contributed by atoms with E-state index in [9.17, 15) is 0 Å². The maximum absolute atomic E-state index is 5.18. The van der Waals surface area contributed by atoms with Gasteiger partial charge < -0.3 is 9.64 Å². The van der Waals surface area contributed by atoms with Crippen LogP contribution in [0.25, 0.3) is 0 Å². The Morgan fingerprint density at radius 2 is 2.10 bits per heavy atom. The summed E-state index contributed by atoms with van der Waals surface area (Å²) < 4.78 is 5.18. The van der Waals surface area contributed by atoms with Crippen molar-refractivity contribution in [1.29, 1.82) is 0 Å². The number of fused-ring (bicyclic) bond motifs is 1. The lowest BCUT2D eigenvalue weighted by molar-refractivity contribution is 0.177. The predicted molar refractivity (Wildman–Crippen MR) is 79.7 cm³/mol. The molecule has 0 amide bonds. The SMILES string of the molecule is COCc1nc(C)cc(N2CC(C)C3CCCCC32)n1. The van der Waals surface area contributed by atoms with Gasteiger partial charge in [0.05, 0.1) is 0 Å². The number of aromatic nitrogens is 2. The van der Waals surface area contributed by atoms with Gasteiger partial charge in [-0.05, 0) is 31.6 Å². The minimum absolute atomic E-state index is 0.492. The van der Waals surface area contributed by atoms with Crippen LogP contribution in [0.4, 0.5) is 5.82 Å². The van der Waals surface area contributed by atoms with Crippen molar-refractivity contribution in [1.82, 2.24) is 9.97 Å². The molecule has 1 aliphatic carbocycles. The van der Waals surface area contributed by atoms with Gasteiger partial charge in [-0.15, -0.1) is 0 Å². The zero-order chi connectivity index (χ0) is 14.1. The fourth-order valence-corrected chi connectivity index (χ4v) is 3.99. The molecule has 0 N–H and O–H groups in total. The van der Waals surface area contributed by atoms with Crippen LogP contribution in [0.1, 0.15) is 44.1 Å². The highest BCUT2D eigenvalue weighted by Crippen LogP contribution is 2.41. The lowest BCUT2D eigenvalue weighted by atomic mass is 9.80. The molecule has 4 nitrogen and oxygen atoms in total. The fraction of sp³-hybridized carbons (Fsp3) is 0.750. The number of ether oxygens (including phenoxy) is 1. The third kappa shape index (κ3) is 2.53. The lowest BCUT2D eigenvalue weighted by Gasteiger charge is -2.33. The summed E-state index contributed by atoms with van der Waals surface area (Å²) in [6.07, 6.45) is 5.46. The highest BCUT2D eigenvalue weighted by Gasteiger charge is 2.41. The zero-order valence-electron chi connectivity index (χ0n) is 12.8. The van der Waals surface area contributed by atoms with Gasteiger partial charge in [0.1, 0.15) is 12.4 Å². The molecule has 2 fully saturated rings. The number of hydrogen-bond donors (Lipinski definition) is 0. The van der Waals surface area contributed by atoms with E-state index in [1.807, 2.05) is 6.92 Å². The van der Waals surface area contributed by atoms with Crippen LogP contribution in [-0.2, 0) is 11.3 Å². The summed E-state index contributed by atoms with van der Waals surface area (Å²) in [7, 11) is 1.69. The Hall–Kier alpha value is -1.16. The standard InChI is InChI=1S/C16H25N3O/c1-11-9-19(14-7-5-4-6-13(11)14)16-8-12(2)17-15(18-16)10-20-3/h8,11,13-14H,4-7,9-10H2,1-3H3. The average molecular weight is 275 g/mol. The molecule has 1 aliphatic heterocycles. The Kier molecular flexibility index (Phi) is 3.92. The van der Waals surface area contributed by atoms with E-state index in [1.54, 1.807) is 7.11 Å². The second kappa shape index (κ2) is 5.68. The van der Waals surface area contributed by atoms with Gasteiger partial charge in [0.2, 0.25) is 0 Å². The minimum Gasteiger partial charge on any atom is -0.377 e. The van der Waals surface area contributed by atoms with Gasteiger partial charge in [-0.1, -0.05) is 19.8 Å². The number of nitrogens with zero attached hydrogens (tertiary/aromatic N) is 3. The number of methoxy groups -OCH3 is 1. The van der Waals surface area contributed by atoms with Crippen LogP contribution in [-0.4, -0.2) is 29.7 Å². The third-order valence-electron chi connectivity index (χ3n) is 4.85. The van der Waals surface area contributed by atoms with Crippen molar-refractivity contribution in [2.24, 2.45) is 11.8 Å². The molecule has 1 saturated heterocycles. The van der Waals surface area contributed by atoms with Gasteiger partial charge in [0.15, 0.2) is 5.82 Å². The molecule has 1 saturated carbocycles. The molecule has 0 radical (unpaired) electrons. The van der Waals surface area contributed by atoms with E-state index in [0.29, 0.717) is 12.6 Å². The van der Waals surface area contributed by atoms with E-state index >= 15 is 0 Å². The molecule has 0 bridgehead atoms. The smallest absolute Gasteiger partial charge is 0.156 e. The Bertz CT molecular complexity index is 477.